The number of hydrogen-bond acceptors (Lipinski definition) is 1. The standard InChI is InChI=1S/C14H18O/c1-12-9-10-15-14(11-12)8-7-13-5-3-2-4-6-13/h2-6,14H,1,7-11H2. The largest absolute Gasteiger partial charge is 0.378 e. The van der Waals surface area contributed by atoms with Gasteiger partial charge in [0.15, 0.2) is 0 Å². The molecular weight excluding hydrogens is 184 g/mol. The summed E-state index contributed by atoms with van der Waals surface area (Å²) in [7, 11) is 0. The minimum atomic E-state index is 0.395. The number of ether oxygens (including phenoxy) is 1. The maximum atomic E-state index is 5.71. The predicted octanol–water partition coefficient (Wildman–Crippen LogP) is 3.35. The van der Waals surface area contributed by atoms with Crippen molar-refractivity contribution in [2.45, 2.75) is 31.8 Å². The summed E-state index contributed by atoms with van der Waals surface area (Å²) in [4.78, 5) is 0. The molecule has 1 fully saturated rings. The maximum Gasteiger partial charge on any atom is 0.0615 e. The number of aryl methyl sites for hydroxylation is 1. The normalized spacial score (nSPS) is 21.6. The van der Waals surface area contributed by atoms with Gasteiger partial charge in [-0.3, -0.25) is 0 Å². The van der Waals surface area contributed by atoms with Crippen LogP contribution in [0, 0.1) is 0 Å². The van der Waals surface area contributed by atoms with Crippen LogP contribution < -0.4 is 0 Å². The number of benzene rings is 1. The van der Waals surface area contributed by atoms with Gasteiger partial charge in [0.1, 0.15) is 0 Å². The third-order valence-corrected chi connectivity index (χ3v) is 2.92. The van der Waals surface area contributed by atoms with Crippen LogP contribution in [0.25, 0.3) is 0 Å². The van der Waals surface area contributed by atoms with Crippen LogP contribution in [0.2, 0.25) is 0 Å². The SMILES string of the molecule is C=C1CCOC(CCc2ccccc2)C1. The molecule has 2 rings (SSSR count). The molecule has 1 heteroatoms. The second-order valence-corrected chi connectivity index (χ2v) is 4.22. The molecule has 0 aliphatic carbocycles. The van der Waals surface area contributed by atoms with E-state index < -0.39 is 0 Å². The predicted molar refractivity (Wildman–Crippen MR) is 62.9 cm³/mol. The molecule has 1 aromatic carbocycles. The molecule has 0 amide bonds. The fraction of sp³-hybridized carbons (Fsp3) is 0.429. The highest BCUT2D eigenvalue weighted by molar-refractivity contribution is 5.15. The van der Waals surface area contributed by atoms with E-state index in [1.165, 1.54) is 11.1 Å². The van der Waals surface area contributed by atoms with Crippen LogP contribution in [0.5, 0.6) is 0 Å². The first kappa shape index (κ1) is 10.4. The van der Waals surface area contributed by atoms with Crippen molar-refractivity contribution in [3.8, 4) is 0 Å². The minimum absolute atomic E-state index is 0.395. The van der Waals surface area contributed by atoms with Crippen LogP contribution in [0.3, 0.4) is 0 Å². The van der Waals surface area contributed by atoms with Crippen LogP contribution >= 0.6 is 0 Å². The third-order valence-electron chi connectivity index (χ3n) is 2.92. The van der Waals surface area contributed by atoms with Crippen LogP contribution in [0.4, 0.5) is 0 Å². The number of hydrogen-bond donors (Lipinski definition) is 0. The van der Waals surface area contributed by atoms with E-state index >= 15 is 0 Å². The molecule has 0 spiro atoms. The molecule has 1 unspecified atom stereocenters. The van der Waals surface area contributed by atoms with E-state index in [-0.39, 0.29) is 0 Å². The van der Waals surface area contributed by atoms with E-state index in [0.717, 1.165) is 32.3 Å². The molecular formula is C14H18O. The molecule has 0 aromatic heterocycles. The highest BCUT2D eigenvalue weighted by Crippen LogP contribution is 2.21. The summed E-state index contributed by atoms with van der Waals surface area (Å²) in [5.74, 6) is 0. The zero-order valence-corrected chi connectivity index (χ0v) is 9.11. The highest BCUT2D eigenvalue weighted by Gasteiger charge is 2.15. The average molecular weight is 202 g/mol. The van der Waals surface area contributed by atoms with Crippen molar-refractivity contribution in [3.05, 3.63) is 48.0 Å². The Morgan fingerprint density at radius 2 is 2.07 bits per heavy atom. The van der Waals surface area contributed by atoms with E-state index in [0.29, 0.717) is 6.10 Å². The molecule has 15 heavy (non-hydrogen) atoms. The smallest absolute Gasteiger partial charge is 0.0615 e. The molecule has 80 valence electrons. The molecule has 0 saturated carbocycles. The quantitative estimate of drug-likeness (QED) is 0.683. The van der Waals surface area contributed by atoms with Crippen molar-refractivity contribution in [2.75, 3.05) is 6.61 Å². The molecule has 0 radical (unpaired) electrons. The Hall–Kier alpha value is -1.08. The van der Waals surface area contributed by atoms with Crippen molar-refractivity contribution in [1.29, 1.82) is 0 Å². The molecule has 1 atom stereocenters. The topological polar surface area (TPSA) is 9.23 Å². The molecule has 1 aromatic rings. The van der Waals surface area contributed by atoms with Gasteiger partial charge in [-0.25, -0.2) is 0 Å². The van der Waals surface area contributed by atoms with E-state index in [1.54, 1.807) is 0 Å². The molecule has 0 N–H and O–H groups in total. The highest BCUT2D eigenvalue weighted by atomic mass is 16.5. The van der Waals surface area contributed by atoms with Crippen LogP contribution in [-0.4, -0.2) is 12.7 Å². The third kappa shape index (κ3) is 3.21. The number of rotatable bonds is 3. The fourth-order valence-corrected chi connectivity index (χ4v) is 2.01. The second kappa shape index (κ2) is 5.13. The van der Waals surface area contributed by atoms with Crippen LogP contribution in [0.15, 0.2) is 42.5 Å². The summed E-state index contributed by atoms with van der Waals surface area (Å²) in [5, 5.41) is 0. The Morgan fingerprint density at radius 3 is 2.80 bits per heavy atom. The summed E-state index contributed by atoms with van der Waals surface area (Å²) in [5.41, 5.74) is 2.75. The molecule has 1 heterocycles. The van der Waals surface area contributed by atoms with Crippen molar-refractivity contribution in [1.82, 2.24) is 0 Å². The van der Waals surface area contributed by atoms with Gasteiger partial charge < -0.3 is 4.74 Å². The van der Waals surface area contributed by atoms with Crippen molar-refractivity contribution in [2.24, 2.45) is 0 Å². The maximum absolute atomic E-state index is 5.71. The van der Waals surface area contributed by atoms with Crippen molar-refractivity contribution in [3.63, 3.8) is 0 Å². The molecule has 0 bridgehead atoms. The lowest BCUT2D eigenvalue weighted by molar-refractivity contribution is 0.0310. The summed E-state index contributed by atoms with van der Waals surface area (Å²) in [6.07, 6.45) is 4.71. The lowest BCUT2D eigenvalue weighted by Crippen LogP contribution is -2.20. The molecule has 1 nitrogen and oxygen atoms in total. The Bertz CT molecular complexity index is 315. The van der Waals surface area contributed by atoms with Gasteiger partial charge in [0.2, 0.25) is 0 Å². The summed E-state index contributed by atoms with van der Waals surface area (Å²) >= 11 is 0. The Morgan fingerprint density at radius 1 is 1.27 bits per heavy atom. The first-order valence-corrected chi connectivity index (χ1v) is 5.67. The summed E-state index contributed by atoms with van der Waals surface area (Å²) < 4.78 is 5.71. The van der Waals surface area contributed by atoms with Gasteiger partial charge in [-0.15, -0.1) is 0 Å². The minimum Gasteiger partial charge on any atom is -0.378 e. The van der Waals surface area contributed by atoms with Gasteiger partial charge in [0, 0.05) is 0 Å². The zero-order chi connectivity index (χ0) is 10.5. The fourth-order valence-electron chi connectivity index (χ4n) is 2.01. The van der Waals surface area contributed by atoms with Gasteiger partial charge >= 0.3 is 0 Å². The lowest BCUT2D eigenvalue weighted by atomic mass is 9.98. The van der Waals surface area contributed by atoms with E-state index in [1.807, 2.05) is 0 Å². The Labute approximate surface area is 91.8 Å². The van der Waals surface area contributed by atoms with Gasteiger partial charge in [0.05, 0.1) is 12.7 Å². The second-order valence-electron chi connectivity index (χ2n) is 4.22. The van der Waals surface area contributed by atoms with Gasteiger partial charge in [-0.2, -0.15) is 0 Å². The monoisotopic (exact) mass is 202 g/mol. The van der Waals surface area contributed by atoms with Crippen molar-refractivity contribution >= 4 is 0 Å². The molecule has 1 aliphatic rings. The lowest BCUT2D eigenvalue weighted by Gasteiger charge is -2.24. The Balaban J connectivity index is 1.80. The van der Waals surface area contributed by atoms with Gasteiger partial charge in [-0.05, 0) is 31.2 Å². The molecule has 1 aliphatic heterocycles. The van der Waals surface area contributed by atoms with Gasteiger partial charge in [0.25, 0.3) is 0 Å². The van der Waals surface area contributed by atoms with Crippen LogP contribution in [0.1, 0.15) is 24.8 Å². The first-order chi connectivity index (χ1) is 7.34. The van der Waals surface area contributed by atoms with E-state index in [2.05, 4.69) is 36.9 Å². The first-order valence-electron chi connectivity index (χ1n) is 5.67. The summed E-state index contributed by atoms with van der Waals surface area (Å²) in [6.45, 7) is 4.90. The van der Waals surface area contributed by atoms with E-state index in [4.69, 9.17) is 4.74 Å². The van der Waals surface area contributed by atoms with Crippen LogP contribution in [-0.2, 0) is 11.2 Å². The summed E-state index contributed by atoms with van der Waals surface area (Å²) in [6, 6.07) is 10.6. The molecule has 1 saturated heterocycles. The van der Waals surface area contributed by atoms with E-state index in [9.17, 15) is 0 Å². The Kier molecular flexibility index (Phi) is 3.57. The van der Waals surface area contributed by atoms with Crippen molar-refractivity contribution < 1.29 is 4.74 Å². The van der Waals surface area contributed by atoms with Gasteiger partial charge in [-0.1, -0.05) is 42.5 Å². The average Bonchev–Trinajstić information content (AvgIpc) is 2.28. The zero-order valence-electron chi connectivity index (χ0n) is 9.11.